The molecule has 0 spiro atoms. The summed E-state index contributed by atoms with van der Waals surface area (Å²) in [6.45, 7) is 4.87. The predicted octanol–water partition coefficient (Wildman–Crippen LogP) is 0.970. The fourth-order valence-corrected chi connectivity index (χ4v) is 2.48. The van der Waals surface area contributed by atoms with Crippen LogP contribution in [-0.2, 0) is 0 Å². The van der Waals surface area contributed by atoms with Gasteiger partial charge in [-0.2, -0.15) is 15.0 Å². The zero-order valence-corrected chi connectivity index (χ0v) is 10.9. The molecule has 0 aliphatic carbocycles. The van der Waals surface area contributed by atoms with Crippen LogP contribution in [0.15, 0.2) is 16.9 Å². The largest absolute Gasteiger partial charge is 0.361 e. The van der Waals surface area contributed by atoms with Gasteiger partial charge in [-0.3, -0.25) is 4.79 Å². The molecule has 0 aromatic carbocycles. The highest BCUT2D eigenvalue weighted by molar-refractivity contribution is 5.96. The van der Waals surface area contributed by atoms with E-state index in [1.54, 1.807) is 35.9 Å². The Morgan fingerprint density at radius 3 is 2.74 bits per heavy atom. The van der Waals surface area contributed by atoms with E-state index < -0.39 is 0 Å². The zero-order chi connectivity index (χ0) is 13.4. The van der Waals surface area contributed by atoms with Gasteiger partial charge in [0.2, 0.25) is 0 Å². The standard InChI is InChI=1S/C12H15N5O2/c1-8-11(9(2)19-15-8)12(18)16-6-3-10(7-16)17-13-4-5-14-17/h4-5,10H,3,6-7H2,1-2H3. The lowest BCUT2D eigenvalue weighted by Gasteiger charge is -2.15. The zero-order valence-electron chi connectivity index (χ0n) is 10.9. The molecule has 1 aliphatic rings. The van der Waals surface area contributed by atoms with Crippen molar-refractivity contribution in [2.24, 2.45) is 0 Å². The van der Waals surface area contributed by atoms with E-state index in [9.17, 15) is 4.79 Å². The van der Waals surface area contributed by atoms with Crippen LogP contribution in [0.1, 0.15) is 34.3 Å². The van der Waals surface area contributed by atoms with Gasteiger partial charge in [0.15, 0.2) is 0 Å². The first-order valence-corrected chi connectivity index (χ1v) is 6.24. The molecule has 7 heteroatoms. The molecule has 1 atom stereocenters. The molecule has 3 heterocycles. The highest BCUT2D eigenvalue weighted by Gasteiger charge is 2.31. The third-order valence-electron chi connectivity index (χ3n) is 3.46. The van der Waals surface area contributed by atoms with Crippen molar-refractivity contribution in [1.29, 1.82) is 0 Å². The summed E-state index contributed by atoms with van der Waals surface area (Å²) in [5, 5.41) is 12.1. The van der Waals surface area contributed by atoms with Crippen LogP contribution < -0.4 is 0 Å². The second kappa shape index (κ2) is 4.49. The molecule has 0 radical (unpaired) electrons. The van der Waals surface area contributed by atoms with E-state index in [2.05, 4.69) is 15.4 Å². The van der Waals surface area contributed by atoms with Gasteiger partial charge in [0, 0.05) is 13.1 Å². The van der Waals surface area contributed by atoms with Crippen molar-refractivity contribution in [2.45, 2.75) is 26.3 Å². The van der Waals surface area contributed by atoms with E-state index in [1.165, 1.54) is 0 Å². The Bertz CT molecular complexity index is 570. The molecule has 0 bridgehead atoms. The van der Waals surface area contributed by atoms with Gasteiger partial charge in [-0.05, 0) is 20.3 Å². The summed E-state index contributed by atoms with van der Waals surface area (Å²) < 4.78 is 5.05. The van der Waals surface area contributed by atoms with Crippen LogP contribution in [0.25, 0.3) is 0 Å². The lowest BCUT2D eigenvalue weighted by Crippen LogP contribution is -2.30. The van der Waals surface area contributed by atoms with Gasteiger partial charge in [0.25, 0.3) is 5.91 Å². The molecular formula is C12H15N5O2. The molecular weight excluding hydrogens is 246 g/mol. The second-order valence-corrected chi connectivity index (χ2v) is 4.74. The third kappa shape index (κ3) is 2.00. The Hall–Kier alpha value is -2.18. The summed E-state index contributed by atoms with van der Waals surface area (Å²) >= 11 is 0. The van der Waals surface area contributed by atoms with E-state index in [0.29, 0.717) is 30.1 Å². The van der Waals surface area contributed by atoms with Crippen LogP contribution in [-0.4, -0.2) is 44.0 Å². The van der Waals surface area contributed by atoms with Gasteiger partial charge in [0.1, 0.15) is 11.3 Å². The summed E-state index contributed by atoms with van der Waals surface area (Å²) in [6.07, 6.45) is 4.17. The van der Waals surface area contributed by atoms with Crippen LogP contribution in [0.5, 0.6) is 0 Å². The molecule has 1 amide bonds. The summed E-state index contributed by atoms with van der Waals surface area (Å²) in [7, 11) is 0. The topological polar surface area (TPSA) is 77.0 Å². The number of hydrogen-bond acceptors (Lipinski definition) is 5. The Labute approximate surface area is 110 Å². The maximum Gasteiger partial charge on any atom is 0.259 e. The molecule has 1 saturated heterocycles. The minimum atomic E-state index is -0.0223. The molecule has 2 aromatic heterocycles. The average molecular weight is 261 g/mol. The molecule has 100 valence electrons. The monoisotopic (exact) mass is 261 g/mol. The fourth-order valence-electron chi connectivity index (χ4n) is 2.48. The number of aromatic nitrogens is 4. The maximum atomic E-state index is 12.4. The van der Waals surface area contributed by atoms with Gasteiger partial charge in [-0.15, -0.1) is 0 Å². The molecule has 7 nitrogen and oxygen atoms in total. The molecule has 3 rings (SSSR count). The van der Waals surface area contributed by atoms with Gasteiger partial charge < -0.3 is 9.42 Å². The van der Waals surface area contributed by atoms with Gasteiger partial charge in [-0.25, -0.2) is 0 Å². The predicted molar refractivity (Wildman–Crippen MR) is 65.6 cm³/mol. The molecule has 1 unspecified atom stereocenters. The van der Waals surface area contributed by atoms with Crippen molar-refractivity contribution >= 4 is 5.91 Å². The van der Waals surface area contributed by atoms with E-state index in [4.69, 9.17) is 4.52 Å². The highest BCUT2D eigenvalue weighted by atomic mass is 16.5. The minimum absolute atomic E-state index is 0.0223. The maximum absolute atomic E-state index is 12.4. The van der Waals surface area contributed by atoms with E-state index >= 15 is 0 Å². The molecule has 1 aliphatic heterocycles. The quantitative estimate of drug-likeness (QED) is 0.805. The smallest absolute Gasteiger partial charge is 0.259 e. The van der Waals surface area contributed by atoms with Crippen molar-refractivity contribution in [3.8, 4) is 0 Å². The average Bonchev–Trinajstić information content (AvgIpc) is 3.09. The Morgan fingerprint density at radius 1 is 1.37 bits per heavy atom. The van der Waals surface area contributed by atoms with Crippen LogP contribution in [0, 0.1) is 13.8 Å². The number of aryl methyl sites for hydroxylation is 2. The molecule has 19 heavy (non-hydrogen) atoms. The van der Waals surface area contributed by atoms with Crippen LogP contribution in [0.3, 0.4) is 0 Å². The van der Waals surface area contributed by atoms with Gasteiger partial charge in [0.05, 0.1) is 24.1 Å². The van der Waals surface area contributed by atoms with Crippen molar-refractivity contribution < 1.29 is 9.32 Å². The number of amides is 1. The first-order chi connectivity index (χ1) is 9.16. The molecule has 0 N–H and O–H groups in total. The van der Waals surface area contributed by atoms with E-state index in [1.807, 2.05) is 0 Å². The Balaban J connectivity index is 1.76. The van der Waals surface area contributed by atoms with E-state index in [-0.39, 0.29) is 11.9 Å². The minimum Gasteiger partial charge on any atom is -0.361 e. The summed E-state index contributed by atoms with van der Waals surface area (Å²) in [5.74, 6) is 0.550. The summed E-state index contributed by atoms with van der Waals surface area (Å²) in [4.78, 5) is 15.9. The number of nitrogens with zero attached hydrogens (tertiary/aromatic N) is 5. The SMILES string of the molecule is Cc1noc(C)c1C(=O)N1CCC(n2nccn2)C1. The summed E-state index contributed by atoms with van der Waals surface area (Å²) in [6, 6.07) is 0.152. The van der Waals surface area contributed by atoms with Crippen LogP contribution in [0.2, 0.25) is 0 Å². The number of hydrogen-bond donors (Lipinski definition) is 0. The Morgan fingerprint density at radius 2 is 2.11 bits per heavy atom. The lowest BCUT2D eigenvalue weighted by atomic mass is 10.2. The number of likely N-dealkylation sites (tertiary alicyclic amines) is 1. The van der Waals surface area contributed by atoms with Crippen molar-refractivity contribution in [3.63, 3.8) is 0 Å². The third-order valence-corrected chi connectivity index (χ3v) is 3.46. The number of carbonyl (C=O) groups is 1. The highest BCUT2D eigenvalue weighted by Crippen LogP contribution is 2.23. The van der Waals surface area contributed by atoms with Crippen LogP contribution in [0.4, 0.5) is 0 Å². The van der Waals surface area contributed by atoms with Crippen LogP contribution >= 0.6 is 0 Å². The first-order valence-electron chi connectivity index (χ1n) is 6.24. The first kappa shape index (κ1) is 11.9. The second-order valence-electron chi connectivity index (χ2n) is 4.74. The van der Waals surface area contributed by atoms with Crippen molar-refractivity contribution in [1.82, 2.24) is 25.1 Å². The Kier molecular flexibility index (Phi) is 2.81. The normalized spacial score (nSPS) is 19.1. The molecule has 0 saturated carbocycles. The van der Waals surface area contributed by atoms with Crippen molar-refractivity contribution in [2.75, 3.05) is 13.1 Å². The molecule has 1 fully saturated rings. The fraction of sp³-hybridized carbons (Fsp3) is 0.500. The van der Waals surface area contributed by atoms with Gasteiger partial charge in [-0.1, -0.05) is 5.16 Å². The molecule has 2 aromatic rings. The summed E-state index contributed by atoms with van der Waals surface area (Å²) in [5.41, 5.74) is 1.22. The van der Waals surface area contributed by atoms with Gasteiger partial charge >= 0.3 is 0 Å². The van der Waals surface area contributed by atoms with Crippen molar-refractivity contribution in [3.05, 3.63) is 29.4 Å². The van der Waals surface area contributed by atoms with E-state index in [0.717, 1.165) is 6.42 Å². The number of rotatable bonds is 2. The lowest BCUT2D eigenvalue weighted by molar-refractivity contribution is 0.0784. The number of carbonyl (C=O) groups excluding carboxylic acids is 1.